The van der Waals surface area contributed by atoms with Gasteiger partial charge in [0, 0.05) is 23.8 Å². The van der Waals surface area contributed by atoms with E-state index in [4.69, 9.17) is 17.3 Å². The molecule has 0 saturated carbocycles. The molecule has 5 aromatic rings. The van der Waals surface area contributed by atoms with Crippen LogP contribution in [-0.4, -0.2) is 21.4 Å². The molecule has 0 aliphatic heterocycles. The smallest absolute Gasteiger partial charge is 0.264 e. The molecular weight excluding hydrogens is 480 g/mol. The van der Waals surface area contributed by atoms with E-state index in [9.17, 15) is 9.59 Å². The number of hydrogen-bond acceptors (Lipinski definition) is 4. The first-order valence-electron chi connectivity index (χ1n) is 10.9. The largest absolute Gasteiger partial charge is 0.365 e. The van der Waals surface area contributed by atoms with Crippen LogP contribution in [0.3, 0.4) is 0 Å². The number of anilines is 2. The van der Waals surface area contributed by atoms with E-state index < -0.39 is 5.91 Å². The van der Waals surface area contributed by atoms with Gasteiger partial charge < -0.3 is 10.3 Å². The number of carbonyl (C=O) groups is 2. The second kappa shape index (κ2) is 9.37. The van der Waals surface area contributed by atoms with Gasteiger partial charge in [0.25, 0.3) is 11.8 Å². The minimum atomic E-state index is -0.598. The van der Waals surface area contributed by atoms with Crippen LogP contribution in [0, 0.1) is 6.92 Å². The van der Waals surface area contributed by atoms with Crippen LogP contribution in [0.2, 0.25) is 5.02 Å². The third kappa shape index (κ3) is 4.43. The second-order valence-corrected chi connectivity index (χ2v) is 9.53. The van der Waals surface area contributed by atoms with E-state index in [2.05, 4.69) is 33.9 Å². The monoisotopic (exact) mass is 500 g/mol. The molecule has 0 unspecified atom stereocenters. The number of hydrogen-bond donors (Lipinski definition) is 1. The quantitative estimate of drug-likeness (QED) is 0.302. The summed E-state index contributed by atoms with van der Waals surface area (Å²) in [6.45, 7) is 2.55. The molecule has 2 amide bonds. The Morgan fingerprint density at radius 2 is 1.80 bits per heavy atom. The van der Waals surface area contributed by atoms with Crippen molar-refractivity contribution in [3.05, 3.63) is 112 Å². The molecule has 3 aromatic carbocycles. The zero-order valence-corrected chi connectivity index (χ0v) is 20.4. The third-order valence-corrected chi connectivity index (χ3v) is 7.08. The van der Waals surface area contributed by atoms with Gasteiger partial charge in [0.05, 0.1) is 16.9 Å². The lowest BCUT2D eigenvalue weighted by atomic mass is 10.1. The number of halogens is 1. The third-order valence-electron chi connectivity index (χ3n) is 5.78. The van der Waals surface area contributed by atoms with Gasteiger partial charge in [-0.25, -0.2) is 4.98 Å². The normalized spacial score (nSPS) is 11.0. The average Bonchev–Trinajstić information content (AvgIpc) is 3.50. The van der Waals surface area contributed by atoms with E-state index in [-0.39, 0.29) is 10.8 Å². The zero-order chi connectivity index (χ0) is 24.5. The Bertz CT molecular complexity index is 1540. The van der Waals surface area contributed by atoms with Crippen LogP contribution in [0.15, 0.2) is 85.2 Å². The molecule has 2 N–H and O–H groups in total. The molecule has 0 aliphatic carbocycles. The number of aryl methyl sites for hydroxylation is 1. The predicted octanol–water partition coefficient (Wildman–Crippen LogP) is 6.19. The Kier molecular flexibility index (Phi) is 6.11. The first-order chi connectivity index (χ1) is 16.9. The molecule has 0 fully saturated rings. The number of carbonyl (C=O) groups excluding carboxylic acids is 2. The maximum atomic E-state index is 13.7. The van der Waals surface area contributed by atoms with Gasteiger partial charge in [-0.05, 0) is 53.8 Å². The van der Waals surface area contributed by atoms with Gasteiger partial charge in [-0.1, -0.05) is 65.4 Å². The van der Waals surface area contributed by atoms with Crippen molar-refractivity contribution in [1.29, 1.82) is 0 Å². The Morgan fingerprint density at radius 3 is 2.51 bits per heavy atom. The summed E-state index contributed by atoms with van der Waals surface area (Å²) in [4.78, 5) is 31.4. The number of para-hydroxylation sites is 2. The lowest BCUT2D eigenvalue weighted by Gasteiger charge is -2.23. The zero-order valence-electron chi connectivity index (χ0n) is 18.8. The maximum Gasteiger partial charge on any atom is 0.264 e. The van der Waals surface area contributed by atoms with Crippen LogP contribution in [0.5, 0.6) is 0 Å². The fourth-order valence-corrected chi connectivity index (χ4v) is 5.11. The fraction of sp³-hybridized carbons (Fsp3) is 0.0741. The molecular formula is C27H21ClN4O2S. The van der Waals surface area contributed by atoms with Crippen molar-refractivity contribution in [2.75, 3.05) is 4.90 Å². The van der Waals surface area contributed by atoms with Crippen molar-refractivity contribution >= 4 is 56.5 Å². The molecule has 6 nitrogen and oxygen atoms in total. The number of aromatic nitrogens is 2. The number of benzene rings is 3. The SMILES string of the molecule is Cc1cccc(Cl)c1N(C(=O)c1ccc(Cn2ccc3ccccc32)cc1)c1ncc(C(N)=O)s1. The molecule has 0 radical (unpaired) electrons. The standard InChI is InChI=1S/C27H21ClN4O2S/c1-17-5-4-7-21(28)24(17)32(27-30-15-23(35-27)25(29)33)26(34)20-11-9-18(10-12-20)16-31-14-13-19-6-2-3-8-22(19)31/h2-15H,16H2,1H3,(H2,29,33). The number of rotatable bonds is 6. The van der Waals surface area contributed by atoms with Gasteiger partial charge in [0.1, 0.15) is 4.88 Å². The van der Waals surface area contributed by atoms with Crippen molar-refractivity contribution in [2.45, 2.75) is 13.5 Å². The summed E-state index contributed by atoms with van der Waals surface area (Å²) < 4.78 is 2.17. The molecule has 5 rings (SSSR count). The topological polar surface area (TPSA) is 81.2 Å². The highest BCUT2D eigenvalue weighted by Crippen LogP contribution is 2.38. The van der Waals surface area contributed by atoms with Crippen LogP contribution in [0.4, 0.5) is 10.8 Å². The van der Waals surface area contributed by atoms with E-state index in [1.807, 2.05) is 43.3 Å². The van der Waals surface area contributed by atoms with Crippen LogP contribution in [0.25, 0.3) is 10.9 Å². The van der Waals surface area contributed by atoms with Crippen molar-refractivity contribution < 1.29 is 9.59 Å². The highest BCUT2D eigenvalue weighted by molar-refractivity contribution is 7.17. The lowest BCUT2D eigenvalue weighted by Crippen LogP contribution is -2.27. The van der Waals surface area contributed by atoms with Crippen LogP contribution < -0.4 is 10.6 Å². The van der Waals surface area contributed by atoms with Gasteiger partial charge in [-0.3, -0.25) is 14.5 Å². The molecule has 0 saturated heterocycles. The number of amides is 2. The minimum Gasteiger partial charge on any atom is -0.365 e. The summed E-state index contributed by atoms with van der Waals surface area (Å²) in [6, 6.07) is 23.2. The Morgan fingerprint density at radius 1 is 1.03 bits per heavy atom. The molecule has 2 heterocycles. The lowest BCUT2D eigenvalue weighted by molar-refractivity contribution is 0.0992. The maximum absolute atomic E-state index is 13.7. The predicted molar refractivity (Wildman–Crippen MR) is 141 cm³/mol. The number of fused-ring (bicyclic) bond motifs is 1. The van der Waals surface area contributed by atoms with Crippen molar-refractivity contribution in [3.8, 4) is 0 Å². The number of thiazole rings is 1. The van der Waals surface area contributed by atoms with E-state index in [1.54, 1.807) is 18.2 Å². The summed E-state index contributed by atoms with van der Waals surface area (Å²) in [7, 11) is 0. The Labute approximate surface area is 211 Å². The van der Waals surface area contributed by atoms with Gasteiger partial charge >= 0.3 is 0 Å². The van der Waals surface area contributed by atoms with Gasteiger partial charge in [-0.2, -0.15) is 0 Å². The summed E-state index contributed by atoms with van der Waals surface area (Å²) >= 11 is 7.56. The summed E-state index contributed by atoms with van der Waals surface area (Å²) in [6.07, 6.45) is 3.43. The van der Waals surface area contributed by atoms with Crippen LogP contribution >= 0.6 is 22.9 Å². The molecule has 8 heteroatoms. The highest BCUT2D eigenvalue weighted by Gasteiger charge is 2.27. The molecule has 2 aromatic heterocycles. The van der Waals surface area contributed by atoms with E-state index in [1.165, 1.54) is 16.5 Å². The van der Waals surface area contributed by atoms with E-state index in [0.717, 1.165) is 28.0 Å². The summed E-state index contributed by atoms with van der Waals surface area (Å²) in [5.74, 6) is -0.900. The van der Waals surface area contributed by atoms with Crippen LogP contribution in [0.1, 0.15) is 31.2 Å². The highest BCUT2D eigenvalue weighted by atomic mass is 35.5. The fourth-order valence-electron chi connectivity index (χ4n) is 4.03. The molecule has 0 bridgehead atoms. The van der Waals surface area contributed by atoms with Crippen molar-refractivity contribution in [1.82, 2.24) is 9.55 Å². The number of nitrogens with zero attached hydrogens (tertiary/aromatic N) is 3. The minimum absolute atomic E-state index is 0.261. The van der Waals surface area contributed by atoms with Crippen molar-refractivity contribution in [2.24, 2.45) is 5.73 Å². The Balaban J connectivity index is 1.49. The first kappa shape index (κ1) is 22.8. The van der Waals surface area contributed by atoms with Crippen LogP contribution in [-0.2, 0) is 6.54 Å². The van der Waals surface area contributed by atoms with E-state index >= 15 is 0 Å². The van der Waals surface area contributed by atoms with Gasteiger partial charge in [-0.15, -0.1) is 0 Å². The molecule has 0 spiro atoms. The van der Waals surface area contributed by atoms with E-state index in [0.29, 0.717) is 27.9 Å². The number of primary amides is 1. The summed E-state index contributed by atoms with van der Waals surface area (Å²) in [5.41, 5.74) is 9.44. The molecule has 35 heavy (non-hydrogen) atoms. The second-order valence-electron chi connectivity index (χ2n) is 8.12. The van der Waals surface area contributed by atoms with Gasteiger partial charge in [0.2, 0.25) is 0 Å². The molecule has 174 valence electrons. The summed E-state index contributed by atoms with van der Waals surface area (Å²) in [5, 5.41) is 1.91. The van der Waals surface area contributed by atoms with Gasteiger partial charge in [0.15, 0.2) is 5.13 Å². The Hall–Kier alpha value is -3.94. The first-order valence-corrected chi connectivity index (χ1v) is 12.1. The molecule has 0 atom stereocenters. The average molecular weight is 501 g/mol. The number of nitrogens with two attached hydrogens (primary N) is 1. The molecule has 0 aliphatic rings. The van der Waals surface area contributed by atoms with Crippen molar-refractivity contribution in [3.63, 3.8) is 0 Å².